The maximum absolute atomic E-state index is 12.6. The van der Waals surface area contributed by atoms with Gasteiger partial charge in [0.05, 0.1) is 6.54 Å². The van der Waals surface area contributed by atoms with E-state index in [9.17, 15) is 14.7 Å². The second kappa shape index (κ2) is 8.42. The number of aliphatic hydroxyl groups is 1. The molecule has 1 saturated heterocycles. The van der Waals surface area contributed by atoms with Crippen LogP contribution >= 0.6 is 0 Å². The summed E-state index contributed by atoms with van der Waals surface area (Å²) in [5.74, 6) is 0.767. The lowest BCUT2D eigenvalue weighted by atomic mass is 9.67. The number of imide groups is 1. The van der Waals surface area contributed by atoms with Gasteiger partial charge in [0.1, 0.15) is 18.5 Å². The highest BCUT2D eigenvalue weighted by Gasteiger charge is 2.44. The molecule has 1 unspecified atom stereocenters. The highest BCUT2D eigenvalue weighted by Crippen LogP contribution is 2.45. The minimum absolute atomic E-state index is 0.0115. The van der Waals surface area contributed by atoms with E-state index in [4.69, 9.17) is 4.74 Å². The second-order valence-corrected chi connectivity index (χ2v) is 8.47. The largest absolute Gasteiger partial charge is 0.491 e. The van der Waals surface area contributed by atoms with Crippen LogP contribution in [-0.4, -0.2) is 41.1 Å². The maximum atomic E-state index is 12.6. The first-order valence-electron chi connectivity index (χ1n) is 10.1. The van der Waals surface area contributed by atoms with Crippen LogP contribution in [0.5, 0.6) is 5.75 Å². The molecular formula is C22H31NO4. The number of hydrogen-bond acceptors (Lipinski definition) is 4. The molecule has 1 aromatic rings. The monoisotopic (exact) mass is 373 g/mol. The number of β-amino-alcohol motifs (C(OH)–C–C–N with tert-alkyl or cyclic N) is 1. The molecule has 27 heavy (non-hydrogen) atoms. The van der Waals surface area contributed by atoms with Gasteiger partial charge >= 0.3 is 0 Å². The van der Waals surface area contributed by atoms with Gasteiger partial charge in [-0.2, -0.15) is 0 Å². The predicted octanol–water partition coefficient (Wildman–Crippen LogP) is 3.65. The fourth-order valence-corrected chi connectivity index (χ4v) is 4.43. The number of amides is 2. The van der Waals surface area contributed by atoms with Crippen molar-refractivity contribution in [2.75, 3.05) is 13.2 Å². The van der Waals surface area contributed by atoms with Crippen LogP contribution in [0.25, 0.3) is 0 Å². The van der Waals surface area contributed by atoms with Crippen molar-refractivity contribution >= 4 is 11.8 Å². The van der Waals surface area contributed by atoms with Gasteiger partial charge in [-0.15, -0.1) is 0 Å². The first-order valence-corrected chi connectivity index (χ1v) is 10.1. The van der Waals surface area contributed by atoms with E-state index in [2.05, 4.69) is 13.8 Å². The molecule has 1 aliphatic heterocycles. The standard InChI is InChI=1S/C22H31NO4/c1-16(2)18-8-4-5-9-19(18)27-15-17(24)14-23-20(25)12-22(13-21(23)26)10-6-3-7-11-22/h4-5,8-9,16-17,24H,3,6-7,10-15H2,1-2H3. The van der Waals surface area contributed by atoms with Crippen LogP contribution in [0.15, 0.2) is 24.3 Å². The van der Waals surface area contributed by atoms with E-state index in [-0.39, 0.29) is 30.4 Å². The minimum Gasteiger partial charge on any atom is -0.491 e. The van der Waals surface area contributed by atoms with Crippen molar-refractivity contribution in [1.82, 2.24) is 4.90 Å². The van der Waals surface area contributed by atoms with Crippen molar-refractivity contribution in [2.45, 2.75) is 70.8 Å². The first kappa shape index (κ1) is 19.9. The Balaban J connectivity index is 1.56. The molecular weight excluding hydrogens is 342 g/mol. The number of nitrogens with zero attached hydrogens (tertiary/aromatic N) is 1. The summed E-state index contributed by atoms with van der Waals surface area (Å²) in [6.45, 7) is 4.25. The molecule has 1 heterocycles. The van der Waals surface area contributed by atoms with Crippen LogP contribution in [0, 0.1) is 5.41 Å². The van der Waals surface area contributed by atoms with E-state index >= 15 is 0 Å². The number of carbonyl (C=O) groups excluding carboxylic acids is 2. The number of rotatable bonds is 6. The second-order valence-electron chi connectivity index (χ2n) is 8.47. The molecule has 2 aliphatic rings. The lowest BCUT2D eigenvalue weighted by Gasteiger charge is -2.42. The maximum Gasteiger partial charge on any atom is 0.229 e. The summed E-state index contributed by atoms with van der Waals surface area (Å²) >= 11 is 0. The smallest absolute Gasteiger partial charge is 0.229 e. The van der Waals surface area contributed by atoms with Crippen molar-refractivity contribution in [2.24, 2.45) is 5.41 Å². The number of carbonyl (C=O) groups is 2. The van der Waals surface area contributed by atoms with E-state index in [1.54, 1.807) is 0 Å². The summed E-state index contributed by atoms with van der Waals surface area (Å²) in [5, 5.41) is 10.4. The summed E-state index contributed by atoms with van der Waals surface area (Å²) in [6, 6.07) is 7.75. The molecule has 148 valence electrons. The van der Waals surface area contributed by atoms with Gasteiger partial charge in [0.25, 0.3) is 0 Å². The van der Waals surface area contributed by atoms with E-state index in [0.717, 1.165) is 37.0 Å². The van der Waals surface area contributed by atoms with Gasteiger partial charge in [0.15, 0.2) is 0 Å². The van der Waals surface area contributed by atoms with Crippen molar-refractivity contribution in [1.29, 1.82) is 0 Å². The zero-order chi connectivity index (χ0) is 19.4. The molecule has 1 aliphatic carbocycles. The van der Waals surface area contributed by atoms with Gasteiger partial charge in [-0.25, -0.2) is 0 Å². The van der Waals surface area contributed by atoms with Crippen molar-refractivity contribution < 1.29 is 19.4 Å². The molecule has 3 rings (SSSR count). The lowest BCUT2D eigenvalue weighted by Crippen LogP contribution is -2.51. The lowest BCUT2D eigenvalue weighted by molar-refractivity contribution is -0.156. The van der Waals surface area contributed by atoms with Gasteiger partial charge in [0, 0.05) is 12.8 Å². The fourth-order valence-electron chi connectivity index (χ4n) is 4.43. The van der Waals surface area contributed by atoms with Crippen LogP contribution in [0.3, 0.4) is 0 Å². The molecule has 1 aromatic carbocycles. The molecule has 2 fully saturated rings. The van der Waals surface area contributed by atoms with E-state index < -0.39 is 6.10 Å². The van der Waals surface area contributed by atoms with Crippen molar-refractivity contribution in [3.8, 4) is 5.75 Å². The normalized spacial score (nSPS) is 21.0. The van der Waals surface area contributed by atoms with Crippen LogP contribution < -0.4 is 4.74 Å². The number of para-hydroxylation sites is 1. The topological polar surface area (TPSA) is 66.8 Å². The number of aliphatic hydroxyl groups excluding tert-OH is 1. The number of ether oxygens (including phenoxy) is 1. The first-order chi connectivity index (χ1) is 12.9. The van der Waals surface area contributed by atoms with E-state index in [1.165, 1.54) is 11.3 Å². The average molecular weight is 373 g/mol. The van der Waals surface area contributed by atoms with Crippen LogP contribution in [0.1, 0.15) is 70.3 Å². The SMILES string of the molecule is CC(C)c1ccccc1OCC(O)CN1C(=O)CC2(CCCCC2)CC1=O. The summed E-state index contributed by atoms with van der Waals surface area (Å²) in [7, 11) is 0. The van der Waals surface area contributed by atoms with Gasteiger partial charge < -0.3 is 9.84 Å². The van der Waals surface area contributed by atoms with Crippen LogP contribution in [0.4, 0.5) is 0 Å². The van der Waals surface area contributed by atoms with Crippen molar-refractivity contribution in [3.63, 3.8) is 0 Å². The van der Waals surface area contributed by atoms with E-state index in [1.807, 2.05) is 24.3 Å². The molecule has 1 atom stereocenters. The van der Waals surface area contributed by atoms with Gasteiger partial charge in [-0.1, -0.05) is 51.3 Å². The Morgan fingerprint density at radius 1 is 1.07 bits per heavy atom. The summed E-state index contributed by atoms with van der Waals surface area (Å²) in [6.07, 6.45) is 5.32. The molecule has 5 nitrogen and oxygen atoms in total. The van der Waals surface area contributed by atoms with Crippen LogP contribution in [0.2, 0.25) is 0 Å². The molecule has 0 radical (unpaired) electrons. The highest BCUT2D eigenvalue weighted by molar-refractivity contribution is 5.98. The Morgan fingerprint density at radius 3 is 2.33 bits per heavy atom. The Labute approximate surface area is 161 Å². The Morgan fingerprint density at radius 2 is 1.70 bits per heavy atom. The summed E-state index contributed by atoms with van der Waals surface area (Å²) < 4.78 is 5.78. The molecule has 0 bridgehead atoms. The predicted molar refractivity (Wildman–Crippen MR) is 104 cm³/mol. The van der Waals surface area contributed by atoms with Gasteiger partial charge in [0.2, 0.25) is 11.8 Å². The zero-order valence-electron chi connectivity index (χ0n) is 16.4. The van der Waals surface area contributed by atoms with Gasteiger partial charge in [-0.3, -0.25) is 14.5 Å². The third kappa shape index (κ3) is 4.70. The Bertz CT molecular complexity index is 659. The molecule has 5 heteroatoms. The average Bonchev–Trinajstić information content (AvgIpc) is 2.64. The summed E-state index contributed by atoms with van der Waals surface area (Å²) in [5.41, 5.74) is 0.953. The third-order valence-corrected chi connectivity index (χ3v) is 5.93. The van der Waals surface area contributed by atoms with E-state index in [0.29, 0.717) is 18.8 Å². The fraction of sp³-hybridized carbons (Fsp3) is 0.636. The molecule has 2 amide bonds. The number of likely N-dealkylation sites (tertiary alicyclic amines) is 1. The van der Waals surface area contributed by atoms with Crippen molar-refractivity contribution in [3.05, 3.63) is 29.8 Å². The Hall–Kier alpha value is -1.88. The Kier molecular flexibility index (Phi) is 6.20. The van der Waals surface area contributed by atoms with Gasteiger partial charge in [-0.05, 0) is 35.8 Å². The molecule has 1 spiro atoms. The summed E-state index contributed by atoms with van der Waals surface area (Å²) in [4.78, 5) is 26.4. The number of benzene rings is 1. The highest BCUT2D eigenvalue weighted by atomic mass is 16.5. The molecule has 1 N–H and O–H groups in total. The molecule has 1 saturated carbocycles. The van der Waals surface area contributed by atoms with Crippen LogP contribution in [-0.2, 0) is 9.59 Å². The third-order valence-electron chi connectivity index (χ3n) is 5.93. The minimum atomic E-state index is -0.890. The number of hydrogen-bond donors (Lipinski definition) is 1. The zero-order valence-corrected chi connectivity index (χ0v) is 16.4. The molecule has 0 aromatic heterocycles. The quantitative estimate of drug-likeness (QED) is 0.773. The number of piperidine rings is 1.